The minimum absolute atomic E-state index is 0.209. The maximum Gasteiger partial charge on any atom is 0.320 e. The van der Waals surface area contributed by atoms with E-state index in [0.717, 1.165) is 11.4 Å². The number of aromatic nitrogens is 2. The summed E-state index contributed by atoms with van der Waals surface area (Å²) in [5.74, 6) is -0.251. The molecule has 0 aliphatic rings. The fourth-order valence-corrected chi connectivity index (χ4v) is 2.04. The van der Waals surface area contributed by atoms with Crippen molar-refractivity contribution in [1.29, 1.82) is 0 Å². The van der Waals surface area contributed by atoms with E-state index in [2.05, 4.69) is 11.7 Å². The van der Waals surface area contributed by atoms with E-state index in [-0.39, 0.29) is 12.5 Å². The molecule has 0 unspecified atom stereocenters. The highest BCUT2D eigenvalue weighted by Gasteiger charge is 2.17. The molecule has 106 valence electrons. The van der Waals surface area contributed by atoms with E-state index < -0.39 is 0 Å². The molecule has 1 aromatic heterocycles. The largest absolute Gasteiger partial charge is 0.465 e. The molecule has 1 rings (SSSR count). The second-order valence-electron chi connectivity index (χ2n) is 4.23. The minimum Gasteiger partial charge on any atom is -0.465 e. The molecule has 0 aliphatic carbocycles. The van der Waals surface area contributed by atoms with Crippen LogP contribution in [0.15, 0.2) is 12.7 Å². The van der Waals surface area contributed by atoms with E-state index in [1.54, 1.807) is 17.7 Å². The number of rotatable bonds is 7. The number of aryl methyl sites for hydroxylation is 2. The molecule has 19 heavy (non-hydrogen) atoms. The number of ether oxygens (including phenoxy) is 1. The molecule has 0 saturated carbocycles. The predicted molar refractivity (Wildman–Crippen MR) is 75.1 cm³/mol. The average molecular weight is 286 g/mol. The van der Waals surface area contributed by atoms with Gasteiger partial charge in [0.2, 0.25) is 0 Å². The van der Waals surface area contributed by atoms with Gasteiger partial charge < -0.3 is 4.74 Å². The number of carbonyl (C=O) groups is 1. The second-order valence-corrected chi connectivity index (χ2v) is 4.61. The summed E-state index contributed by atoms with van der Waals surface area (Å²) >= 11 is 6.20. The van der Waals surface area contributed by atoms with Crippen molar-refractivity contribution in [3.63, 3.8) is 0 Å². The molecule has 0 aromatic carbocycles. The number of nitrogens with zero attached hydrogens (tertiary/aromatic N) is 3. The Morgan fingerprint density at radius 2 is 2.32 bits per heavy atom. The highest BCUT2D eigenvalue weighted by atomic mass is 35.5. The summed E-state index contributed by atoms with van der Waals surface area (Å²) in [6, 6.07) is 0. The van der Waals surface area contributed by atoms with Gasteiger partial charge in [0.1, 0.15) is 0 Å². The number of halogens is 1. The van der Waals surface area contributed by atoms with E-state index >= 15 is 0 Å². The van der Waals surface area contributed by atoms with Gasteiger partial charge >= 0.3 is 5.97 Å². The summed E-state index contributed by atoms with van der Waals surface area (Å²) in [7, 11) is 1.84. The van der Waals surface area contributed by atoms with Crippen LogP contribution in [0.1, 0.15) is 18.3 Å². The molecule has 0 spiro atoms. The minimum atomic E-state index is -0.251. The first kappa shape index (κ1) is 15.7. The van der Waals surface area contributed by atoms with Gasteiger partial charge in [-0.05, 0) is 13.8 Å². The Bertz CT molecular complexity index is 457. The number of hydrogen-bond acceptors (Lipinski definition) is 4. The standard InChI is InChI=1S/C13H20ClN3O2/c1-5-7-17(9-12(18)19-6-2)8-11-13(14)10(3)15-16(11)4/h5H,1,6-9H2,2-4H3. The molecule has 0 radical (unpaired) electrons. The van der Waals surface area contributed by atoms with Gasteiger partial charge in [0, 0.05) is 20.1 Å². The van der Waals surface area contributed by atoms with Crippen molar-refractivity contribution < 1.29 is 9.53 Å². The third kappa shape index (κ3) is 4.36. The Balaban J connectivity index is 2.77. The van der Waals surface area contributed by atoms with Crippen LogP contribution in [0.2, 0.25) is 5.02 Å². The first-order chi connectivity index (χ1) is 8.99. The zero-order valence-corrected chi connectivity index (χ0v) is 12.4. The van der Waals surface area contributed by atoms with Gasteiger partial charge in [0.25, 0.3) is 0 Å². The van der Waals surface area contributed by atoms with Crippen LogP contribution in [-0.4, -0.2) is 40.3 Å². The maximum atomic E-state index is 11.5. The highest BCUT2D eigenvalue weighted by molar-refractivity contribution is 6.31. The highest BCUT2D eigenvalue weighted by Crippen LogP contribution is 2.20. The molecule has 0 saturated heterocycles. The molecule has 5 nitrogen and oxygen atoms in total. The lowest BCUT2D eigenvalue weighted by Crippen LogP contribution is -2.31. The van der Waals surface area contributed by atoms with Crippen molar-refractivity contribution >= 4 is 17.6 Å². The fraction of sp³-hybridized carbons (Fsp3) is 0.538. The van der Waals surface area contributed by atoms with Crippen molar-refractivity contribution in [2.45, 2.75) is 20.4 Å². The second kappa shape index (κ2) is 7.31. The van der Waals surface area contributed by atoms with Crippen LogP contribution in [0.5, 0.6) is 0 Å². The van der Waals surface area contributed by atoms with Crippen LogP contribution in [0.3, 0.4) is 0 Å². The van der Waals surface area contributed by atoms with E-state index in [1.165, 1.54) is 0 Å². The lowest BCUT2D eigenvalue weighted by Gasteiger charge is -2.19. The van der Waals surface area contributed by atoms with Gasteiger partial charge in [-0.3, -0.25) is 14.4 Å². The van der Waals surface area contributed by atoms with Crippen LogP contribution in [0.25, 0.3) is 0 Å². The normalized spacial score (nSPS) is 10.8. The van der Waals surface area contributed by atoms with Crippen molar-refractivity contribution in [3.8, 4) is 0 Å². The number of hydrogen-bond donors (Lipinski definition) is 0. The Morgan fingerprint density at radius 1 is 1.63 bits per heavy atom. The molecule has 0 N–H and O–H groups in total. The lowest BCUT2D eigenvalue weighted by atomic mass is 10.3. The van der Waals surface area contributed by atoms with Crippen LogP contribution in [0.4, 0.5) is 0 Å². The van der Waals surface area contributed by atoms with Crippen molar-refractivity contribution in [2.24, 2.45) is 7.05 Å². The van der Waals surface area contributed by atoms with Gasteiger partial charge in [0.05, 0.1) is 29.6 Å². The molecule has 6 heteroatoms. The van der Waals surface area contributed by atoms with Gasteiger partial charge in [0.15, 0.2) is 0 Å². The van der Waals surface area contributed by atoms with Crippen LogP contribution < -0.4 is 0 Å². The van der Waals surface area contributed by atoms with Crippen LogP contribution in [-0.2, 0) is 23.1 Å². The predicted octanol–water partition coefficient (Wildman–Crippen LogP) is 1.93. The summed E-state index contributed by atoms with van der Waals surface area (Å²) in [6.45, 7) is 9.04. The summed E-state index contributed by atoms with van der Waals surface area (Å²) in [6.07, 6.45) is 1.75. The van der Waals surface area contributed by atoms with Crippen molar-refractivity contribution in [1.82, 2.24) is 14.7 Å². The molecular weight excluding hydrogens is 266 g/mol. The van der Waals surface area contributed by atoms with Gasteiger partial charge in [-0.2, -0.15) is 5.10 Å². The molecule has 0 fully saturated rings. The molecule has 0 bridgehead atoms. The Hall–Kier alpha value is -1.33. The molecule has 1 aromatic rings. The van der Waals surface area contributed by atoms with E-state index in [4.69, 9.17) is 16.3 Å². The molecular formula is C13H20ClN3O2. The molecule has 0 aliphatic heterocycles. The molecule has 0 atom stereocenters. The summed E-state index contributed by atoms with van der Waals surface area (Å²) < 4.78 is 6.69. The molecule has 1 heterocycles. The zero-order valence-electron chi connectivity index (χ0n) is 11.6. The number of carbonyl (C=O) groups excluding carboxylic acids is 1. The zero-order chi connectivity index (χ0) is 14.4. The Kier molecular flexibility index (Phi) is 6.05. The van der Waals surface area contributed by atoms with E-state index in [0.29, 0.717) is 24.7 Å². The number of esters is 1. The van der Waals surface area contributed by atoms with Crippen molar-refractivity contribution in [2.75, 3.05) is 19.7 Å². The van der Waals surface area contributed by atoms with Gasteiger partial charge in [-0.1, -0.05) is 17.7 Å². The quantitative estimate of drug-likeness (QED) is 0.567. The van der Waals surface area contributed by atoms with Gasteiger partial charge in [-0.15, -0.1) is 6.58 Å². The maximum absolute atomic E-state index is 11.5. The summed E-state index contributed by atoms with van der Waals surface area (Å²) in [5, 5.41) is 4.89. The lowest BCUT2D eigenvalue weighted by molar-refractivity contribution is -0.144. The van der Waals surface area contributed by atoms with E-state index in [9.17, 15) is 4.79 Å². The Labute approximate surface area is 118 Å². The first-order valence-electron chi connectivity index (χ1n) is 6.16. The first-order valence-corrected chi connectivity index (χ1v) is 6.54. The van der Waals surface area contributed by atoms with E-state index in [1.807, 2.05) is 18.9 Å². The van der Waals surface area contributed by atoms with Crippen molar-refractivity contribution in [3.05, 3.63) is 29.1 Å². The fourth-order valence-electron chi connectivity index (χ4n) is 1.82. The summed E-state index contributed by atoms with van der Waals surface area (Å²) in [4.78, 5) is 13.5. The average Bonchev–Trinajstić information content (AvgIpc) is 2.56. The SMILES string of the molecule is C=CCN(CC(=O)OCC)Cc1c(Cl)c(C)nn1C. The summed E-state index contributed by atoms with van der Waals surface area (Å²) in [5.41, 5.74) is 1.67. The molecule has 0 amide bonds. The van der Waals surface area contributed by atoms with Gasteiger partial charge in [-0.25, -0.2) is 0 Å². The van der Waals surface area contributed by atoms with Crippen LogP contribution >= 0.6 is 11.6 Å². The third-order valence-corrected chi connectivity index (χ3v) is 3.17. The monoisotopic (exact) mass is 285 g/mol. The topological polar surface area (TPSA) is 47.4 Å². The van der Waals surface area contributed by atoms with Crippen LogP contribution in [0, 0.1) is 6.92 Å². The smallest absolute Gasteiger partial charge is 0.320 e. The third-order valence-electron chi connectivity index (χ3n) is 2.68. The Morgan fingerprint density at radius 3 is 2.79 bits per heavy atom.